The van der Waals surface area contributed by atoms with E-state index in [1.165, 1.54) is 11.3 Å². The van der Waals surface area contributed by atoms with Gasteiger partial charge in [0.15, 0.2) is 18.1 Å². The van der Waals surface area contributed by atoms with Gasteiger partial charge < -0.3 is 19.5 Å². The Bertz CT molecular complexity index is 831. The van der Waals surface area contributed by atoms with Crippen LogP contribution in [0.4, 0.5) is 0 Å². The quantitative estimate of drug-likeness (QED) is 0.559. The van der Waals surface area contributed by atoms with Gasteiger partial charge in [-0.2, -0.15) is 0 Å². The molecule has 0 aliphatic carbocycles. The molecule has 29 heavy (non-hydrogen) atoms. The Morgan fingerprint density at radius 2 is 1.76 bits per heavy atom. The maximum absolute atomic E-state index is 12.1. The van der Waals surface area contributed by atoms with Crippen LogP contribution in [-0.2, 0) is 22.4 Å². The summed E-state index contributed by atoms with van der Waals surface area (Å²) < 4.78 is 16.3. The zero-order valence-electron chi connectivity index (χ0n) is 17.5. The third-order valence-corrected chi connectivity index (χ3v) is 5.58. The first-order valence-corrected chi connectivity index (χ1v) is 10.7. The van der Waals surface area contributed by atoms with Crippen LogP contribution in [0.25, 0.3) is 0 Å². The van der Waals surface area contributed by atoms with E-state index in [9.17, 15) is 9.59 Å². The van der Waals surface area contributed by atoms with E-state index < -0.39 is 5.97 Å². The van der Waals surface area contributed by atoms with Gasteiger partial charge in [0.1, 0.15) is 4.88 Å². The van der Waals surface area contributed by atoms with Crippen LogP contribution in [0.5, 0.6) is 11.5 Å². The summed E-state index contributed by atoms with van der Waals surface area (Å²) >= 11 is 1.42. The largest absolute Gasteiger partial charge is 0.490 e. The molecule has 2 aromatic rings. The number of carbonyl (C=O) groups is 2. The van der Waals surface area contributed by atoms with E-state index in [0.29, 0.717) is 42.6 Å². The molecule has 1 aromatic carbocycles. The zero-order valence-corrected chi connectivity index (χ0v) is 18.3. The summed E-state index contributed by atoms with van der Waals surface area (Å²) in [4.78, 5) is 25.8. The minimum atomic E-state index is -0.458. The molecule has 0 aliphatic rings. The number of rotatable bonds is 11. The summed E-state index contributed by atoms with van der Waals surface area (Å²) in [6.45, 7) is 9.13. The fourth-order valence-corrected chi connectivity index (χ4v) is 3.83. The molecule has 1 heterocycles. The molecule has 158 valence electrons. The van der Waals surface area contributed by atoms with E-state index in [0.717, 1.165) is 22.4 Å². The normalized spacial score (nSPS) is 10.5. The number of carbonyl (C=O) groups excluding carboxylic acids is 2. The highest BCUT2D eigenvalue weighted by molar-refractivity contribution is 7.14. The van der Waals surface area contributed by atoms with E-state index in [-0.39, 0.29) is 12.5 Å². The third-order valence-electron chi connectivity index (χ3n) is 4.22. The Kier molecular flexibility index (Phi) is 8.99. The van der Waals surface area contributed by atoms with Gasteiger partial charge in [0.2, 0.25) is 0 Å². The second-order valence-electron chi connectivity index (χ2n) is 6.39. The topological polar surface area (TPSA) is 73.9 Å². The average molecular weight is 420 g/mol. The van der Waals surface area contributed by atoms with Crippen LogP contribution in [0.15, 0.2) is 24.3 Å². The minimum absolute atomic E-state index is 0.287. The summed E-state index contributed by atoms with van der Waals surface area (Å²) in [6, 6.07) is 7.56. The SMILES string of the molecule is CCOc1ccc(CCNC(=O)COC(=O)c2cc(C)c(CC)s2)cc1OCC. The Hall–Kier alpha value is -2.54. The number of hydrogen-bond donors (Lipinski definition) is 1. The molecule has 1 N–H and O–H groups in total. The van der Waals surface area contributed by atoms with Crippen molar-refractivity contribution in [3.63, 3.8) is 0 Å². The molecule has 0 radical (unpaired) electrons. The first kappa shape index (κ1) is 22.7. The van der Waals surface area contributed by atoms with E-state index in [1.54, 1.807) is 0 Å². The van der Waals surface area contributed by atoms with Gasteiger partial charge in [-0.25, -0.2) is 4.79 Å². The van der Waals surface area contributed by atoms with Crippen LogP contribution in [0.1, 0.15) is 46.4 Å². The number of hydrogen-bond acceptors (Lipinski definition) is 6. The Labute approximate surface area is 176 Å². The van der Waals surface area contributed by atoms with Crippen LogP contribution in [0.3, 0.4) is 0 Å². The highest BCUT2D eigenvalue weighted by atomic mass is 32.1. The lowest BCUT2D eigenvalue weighted by Crippen LogP contribution is -2.30. The number of thiophene rings is 1. The van der Waals surface area contributed by atoms with E-state index >= 15 is 0 Å². The van der Waals surface area contributed by atoms with Crippen molar-refractivity contribution < 1.29 is 23.8 Å². The lowest BCUT2D eigenvalue weighted by atomic mass is 10.1. The van der Waals surface area contributed by atoms with Gasteiger partial charge in [-0.3, -0.25) is 4.79 Å². The molecule has 0 unspecified atom stereocenters. The van der Waals surface area contributed by atoms with Crippen LogP contribution in [-0.4, -0.2) is 38.2 Å². The van der Waals surface area contributed by atoms with Gasteiger partial charge in [0.25, 0.3) is 5.91 Å². The molecule has 1 amide bonds. The average Bonchev–Trinajstić information content (AvgIpc) is 3.09. The Morgan fingerprint density at radius 1 is 1.03 bits per heavy atom. The molecular formula is C22H29NO5S. The minimum Gasteiger partial charge on any atom is -0.490 e. The third kappa shape index (κ3) is 6.78. The smallest absolute Gasteiger partial charge is 0.348 e. The van der Waals surface area contributed by atoms with Crippen molar-refractivity contribution in [2.75, 3.05) is 26.4 Å². The van der Waals surface area contributed by atoms with Gasteiger partial charge in [0, 0.05) is 11.4 Å². The molecule has 0 bridgehead atoms. The van der Waals surface area contributed by atoms with E-state index in [1.807, 2.05) is 52.0 Å². The molecule has 0 atom stereocenters. The number of benzene rings is 1. The Balaban J connectivity index is 1.79. The van der Waals surface area contributed by atoms with Crippen molar-refractivity contribution >= 4 is 23.2 Å². The predicted molar refractivity (Wildman–Crippen MR) is 114 cm³/mol. The van der Waals surface area contributed by atoms with Gasteiger partial charge in [-0.15, -0.1) is 11.3 Å². The summed E-state index contributed by atoms with van der Waals surface area (Å²) in [5, 5.41) is 2.77. The number of esters is 1. The first-order valence-electron chi connectivity index (χ1n) is 9.90. The first-order chi connectivity index (χ1) is 14.0. The molecule has 1 aromatic heterocycles. The van der Waals surface area contributed by atoms with Crippen molar-refractivity contribution in [2.45, 2.75) is 40.5 Å². The molecule has 0 fully saturated rings. The van der Waals surface area contributed by atoms with Gasteiger partial charge in [0.05, 0.1) is 13.2 Å². The lowest BCUT2D eigenvalue weighted by molar-refractivity contribution is -0.124. The van der Waals surface area contributed by atoms with E-state index in [4.69, 9.17) is 14.2 Å². The molecule has 0 saturated heterocycles. The monoisotopic (exact) mass is 419 g/mol. The fraction of sp³-hybridized carbons (Fsp3) is 0.455. The predicted octanol–water partition coefficient (Wildman–Crippen LogP) is 3.93. The van der Waals surface area contributed by atoms with E-state index in [2.05, 4.69) is 5.32 Å². The summed E-state index contributed by atoms with van der Waals surface area (Å²) in [5.41, 5.74) is 2.10. The Morgan fingerprint density at radius 3 is 2.41 bits per heavy atom. The van der Waals surface area contributed by atoms with Gasteiger partial charge >= 0.3 is 5.97 Å². The fourth-order valence-electron chi connectivity index (χ4n) is 2.82. The maximum Gasteiger partial charge on any atom is 0.348 e. The van der Waals surface area contributed by atoms with Crippen molar-refractivity contribution in [3.8, 4) is 11.5 Å². The van der Waals surface area contributed by atoms with Crippen LogP contribution in [0.2, 0.25) is 0 Å². The second-order valence-corrected chi connectivity index (χ2v) is 7.53. The number of ether oxygens (including phenoxy) is 3. The number of aryl methyl sites for hydroxylation is 2. The highest BCUT2D eigenvalue weighted by Gasteiger charge is 2.14. The molecule has 2 rings (SSSR count). The van der Waals surface area contributed by atoms with Crippen molar-refractivity contribution in [3.05, 3.63) is 45.1 Å². The van der Waals surface area contributed by atoms with Crippen molar-refractivity contribution in [1.82, 2.24) is 5.32 Å². The van der Waals surface area contributed by atoms with Crippen LogP contribution >= 0.6 is 11.3 Å². The number of nitrogens with one attached hydrogen (secondary N) is 1. The number of amides is 1. The van der Waals surface area contributed by atoms with Crippen LogP contribution in [0, 0.1) is 6.92 Å². The van der Waals surface area contributed by atoms with Crippen LogP contribution < -0.4 is 14.8 Å². The van der Waals surface area contributed by atoms with Crippen molar-refractivity contribution in [2.24, 2.45) is 0 Å². The molecule has 0 aliphatic heterocycles. The summed E-state index contributed by atoms with van der Waals surface area (Å²) in [5.74, 6) is 0.632. The molecule has 7 heteroatoms. The summed E-state index contributed by atoms with van der Waals surface area (Å²) in [7, 11) is 0. The van der Waals surface area contributed by atoms with Gasteiger partial charge in [-0.05, 0) is 62.9 Å². The lowest BCUT2D eigenvalue weighted by Gasteiger charge is -2.12. The maximum atomic E-state index is 12.1. The molecule has 0 spiro atoms. The van der Waals surface area contributed by atoms with Gasteiger partial charge in [-0.1, -0.05) is 13.0 Å². The highest BCUT2D eigenvalue weighted by Crippen LogP contribution is 2.28. The molecule has 0 saturated carbocycles. The standard InChI is InChI=1S/C22H29NO5S/c1-5-19-15(4)12-20(29-19)22(25)28-14-21(24)23-11-10-16-8-9-17(26-6-2)18(13-16)27-7-3/h8-9,12-13H,5-7,10-11,14H2,1-4H3,(H,23,24). The molecule has 6 nitrogen and oxygen atoms in total. The zero-order chi connectivity index (χ0) is 21.2. The summed E-state index contributed by atoms with van der Waals surface area (Å²) in [6.07, 6.45) is 1.51. The molecular weight excluding hydrogens is 390 g/mol. The second kappa shape index (κ2) is 11.5. The van der Waals surface area contributed by atoms with Crippen molar-refractivity contribution in [1.29, 1.82) is 0 Å².